The van der Waals surface area contributed by atoms with Crippen LogP contribution >= 0.6 is 11.8 Å². The zero-order chi connectivity index (χ0) is 12.7. The normalized spacial score (nSPS) is 21.6. The minimum Gasteiger partial charge on any atom is -0.352 e. The Morgan fingerprint density at radius 1 is 1.35 bits per heavy atom. The maximum Gasteiger partial charge on any atom is 0.227 e. The Hall–Kier alpha value is -0.220. The number of carbonyl (C=O) groups is 1. The van der Waals surface area contributed by atoms with Crippen molar-refractivity contribution in [1.82, 2.24) is 5.32 Å². The highest BCUT2D eigenvalue weighted by atomic mass is 32.2. The number of carbonyl (C=O) groups excluding carboxylic acids is 1. The van der Waals surface area contributed by atoms with E-state index in [-0.39, 0.29) is 17.4 Å². The van der Waals surface area contributed by atoms with Gasteiger partial charge in [0.05, 0.1) is 5.41 Å². The van der Waals surface area contributed by atoms with Crippen LogP contribution in [0.25, 0.3) is 0 Å². The van der Waals surface area contributed by atoms with Crippen molar-refractivity contribution in [2.45, 2.75) is 51.5 Å². The minimum absolute atomic E-state index is 0.184. The number of rotatable bonds is 5. The zero-order valence-electron chi connectivity index (χ0n) is 11.1. The van der Waals surface area contributed by atoms with Crippen molar-refractivity contribution in [2.75, 3.05) is 18.6 Å². The van der Waals surface area contributed by atoms with E-state index in [1.165, 1.54) is 12.8 Å². The monoisotopic (exact) mass is 258 g/mol. The molecule has 0 aliphatic heterocycles. The number of hydrogen-bond acceptors (Lipinski definition) is 3. The molecule has 1 saturated carbocycles. The third kappa shape index (κ3) is 4.18. The molecule has 1 rings (SSSR count). The van der Waals surface area contributed by atoms with E-state index in [4.69, 9.17) is 5.73 Å². The maximum absolute atomic E-state index is 12.4. The number of thioether (sulfide) groups is 1. The first-order valence-corrected chi connectivity index (χ1v) is 8.04. The number of nitrogens with two attached hydrogens (primary N) is 1. The second-order valence-electron chi connectivity index (χ2n) is 5.23. The largest absolute Gasteiger partial charge is 0.352 e. The average Bonchev–Trinajstić information content (AvgIpc) is 2.55. The van der Waals surface area contributed by atoms with Crippen molar-refractivity contribution < 1.29 is 4.79 Å². The third-order valence-corrected chi connectivity index (χ3v) is 4.56. The van der Waals surface area contributed by atoms with Crippen LogP contribution in [0.15, 0.2) is 0 Å². The van der Waals surface area contributed by atoms with Crippen molar-refractivity contribution in [3.05, 3.63) is 0 Å². The third-order valence-electron chi connectivity index (χ3n) is 3.73. The summed E-state index contributed by atoms with van der Waals surface area (Å²) < 4.78 is 0. The molecule has 100 valence electrons. The van der Waals surface area contributed by atoms with Gasteiger partial charge in [-0.1, -0.05) is 25.7 Å². The van der Waals surface area contributed by atoms with Gasteiger partial charge in [0.2, 0.25) is 5.91 Å². The van der Waals surface area contributed by atoms with Crippen LogP contribution < -0.4 is 11.1 Å². The molecular weight excluding hydrogens is 232 g/mol. The molecule has 1 aliphatic rings. The van der Waals surface area contributed by atoms with Gasteiger partial charge in [0.25, 0.3) is 0 Å². The number of amides is 1. The molecule has 0 aromatic carbocycles. The van der Waals surface area contributed by atoms with Crippen molar-refractivity contribution in [1.29, 1.82) is 0 Å². The molecule has 17 heavy (non-hydrogen) atoms. The highest BCUT2D eigenvalue weighted by molar-refractivity contribution is 7.98. The van der Waals surface area contributed by atoms with Gasteiger partial charge >= 0.3 is 0 Å². The summed E-state index contributed by atoms with van der Waals surface area (Å²) in [7, 11) is 0. The molecule has 0 aromatic rings. The van der Waals surface area contributed by atoms with Crippen molar-refractivity contribution in [3.63, 3.8) is 0 Å². The van der Waals surface area contributed by atoms with Gasteiger partial charge in [-0.15, -0.1) is 0 Å². The molecule has 1 unspecified atom stereocenters. The van der Waals surface area contributed by atoms with Gasteiger partial charge < -0.3 is 11.1 Å². The summed E-state index contributed by atoms with van der Waals surface area (Å²) in [6.45, 7) is 2.56. The molecule has 0 heterocycles. The average molecular weight is 258 g/mol. The molecule has 1 fully saturated rings. The summed E-state index contributed by atoms with van der Waals surface area (Å²) in [6.07, 6.45) is 8.75. The smallest absolute Gasteiger partial charge is 0.227 e. The molecule has 3 N–H and O–H groups in total. The zero-order valence-corrected chi connectivity index (χ0v) is 11.9. The first kappa shape index (κ1) is 14.8. The van der Waals surface area contributed by atoms with E-state index in [1.54, 1.807) is 11.8 Å². The Morgan fingerprint density at radius 2 is 1.94 bits per heavy atom. The highest BCUT2D eigenvalue weighted by Crippen LogP contribution is 2.34. The van der Waals surface area contributed by atoms with E-state index < -0.39 is 0 Å². The van der Waals surface area contributed by atoms with Gasteiger partial charge in [0.15, 0.2) is 0 Å². The van der Waals surface area contributed by atoms with Crippen LogP contribution in [0.1, 0.15) is 45.4 Å². The number of nitrogens with one attached hydrogen (secondary N) is 1. The second kappa shape index (κ2) is 7.27. The summed E-state index contributed by atoms with van der Waals surface area (Å²) in [5.41, 5.74) is 5.60. The van der Waals surface area contributed by atoms with Gasteiger partial charge in [-0.25, -0.2) is 0 Å². The molecule has 0 radical (unpaired) electrons. The predicted octanol–water partition coefficient (Wildman–Crippen LogP) is 2.15. The van der Waals surface area contributed by atoms with Gasteiger partial charge in [-0.05, 0) is 26.0 Å². The topological polar surface area (TPSA) is 55.1 Å². The molecule has 0 bridgehead atoms. The lowest BCUT2D eigenvalue weighted by atomic mass is 9.79. The Morgan fingerprint density at radius 3 is 2.41 bits per heavy atom. The maximum atomic E-state index is 12.4. The Balaban J connectivity index is 2.60. The van der Waals surface area contributed by atoms with Crippen LogP contribution in [-0.4, -0.2) is 30.5 Å². The predicted molar refractivity (Wildman–Crippen MR) is 75.2 cm³/mol. The second-order valence-corrected chi connectivity index (χ2v) is 6.14. The number of hydrogen-bond donors (Lipinski definition) is 2. The summed E-state index contributed by atoms with van der Waals surface area (Å²) in [5, 5.41) is 3.13. The summed E-state index contributed by atoms with van der Waals surface area (Å²) >= 11 is 1.76. The van der Waals surface area contributed by atoms with Gasteiger partial charge in [-0.2, -0.15) is 11.8 Å². The van der Waals surface area contributed by atoms with Crippen molar-refractivity contribution in [3.8, 4) is 0 Å². The highest BCUT2D eigenvalue weighted by Gasteiger charge is 2.37. The van der Waals surface area contributed by atoms with E-state index in [0.717, 1.165) is 31.4 Å². The lowest BCUT2D eigenvalue weighted by molar-refractivity contribution is -0.131. The molecule has 0 aromatic heterocycles. The van der Waals surface area contributed by atoms with E-state index in [0.29, 0.717) is 6.54 Å². The first-order chi connectivity index (χ1) is 8.14. The van der Waals surface area contributed by atoms with Crippen molar-refractivity contribution in [2.24, 2.45) is 11.1 Å². The van der Waals surface area contributed by atoms with Crippen LogP contribution in [0.4, 0.5) is 0 Å². The standard InChI is InChI=1S/C13H26N2OS/c1-11(9-17-2)15-12(16)13(10-14)7-5-3-4-6-8-13/h11H,3-10,14H2,1-2H3,(H,15,16). The van der Waals surface area contributed by atoms with E-state index >= 15 is 0 Å². The molecule has 1 aliphatic carbocycles. The molecular formula is C13H26N2OS. The Bertz CT molecular complexity index is 238. The molecule has 0 spiro atoms. The van der Waals surface area contributed by atoms with Crippen LogP contribution in [0, 0.1) is 5.41 Å². The summed E-state index contributed by atoms with van der Waals surface area (Å²) in [4.78, 5) is 12.4. The van der Waals surface area contributed by atoms with E-state index in [2.05, 4.69) is 18.5 Å². The van der Waals surface area contributed by atoms with Gasteiger partial charge in [0.1, 0.15) is 0 Å². The summed E-state index contributed by atoms with van der Waals surface area (Å²) in [6, 6.07) is 0.240. The lowest BCUT2D eigenvalue weighted by Crippen LogP contribution is -2.49. The summed E-state index contributed by atoms with van der Waals surface area (Å²) in [5.74, 6) is 1.15. The Kier molecular flexibility index (Phi) is 6.34. The molecule has 4 heteroatoms. The van der Waals surface area contributed by atoms with Crippen LogP contribution in [0.2, 0.25) is 0 Å². The van der Waals surface area contributed by atoms with Gasteiger partial charge in [-0.3, -0.25) is 4.79 Å². The van der Waals surface area contributed by atoms with Crippen LogP contribution in [-0.2, 0) is 4.79 Å². The first-order valence-electron chi connectivity index (χ1n) is 6.64. The quantitative estimate of drug-likeness (QED) is 0.743. The minimum atomic E-state index is -0.289. The van der Waals surface area contributed by atoms with E-state index in [9.17, 15) is 4.79 Å². The van der Waals surface area contributed by atoms with Crippen molar-refractivity contribution >= 4 is 17.7 Å². The van der Waals surface area contributed by atoms with Crippen LogP contribution in [0.5, 0.6) is 0 Å². The van der Waals surface area contributed by atoms with Crippen LogP contribution in [0.3, 0.4) is 0 Å². The fourth-order valence-corrected chi connectivity index (χ4v) is 3.18. The molecule has 3 nitrogen and oxygen atoms in total. The van der Waals surface area contributed by atoms with Gasteiger partial charge in [0, 0.05) is 18.3 Å². The lowest BCUT2D eigenvalue weighted by Gasteiger charge is -2.31. The van der Waals surface area contributed by atoms with E-state index in [1.807, 2.05) is 0 Å². The fourth-order valence-electron chi connectivity index (χ4n) is 2.60. The molecule has 1 atom stereocenters. The molecule has 1 amide bonds. The SMILES string of the molecule is CSCC(C)NC(=O)C1(CN)CCCCCC1. The Labute approximate surface area is 109 Å². The molecule has 0 saturated heterocycles. The fraction of sp³-hybridized carbons (Fsp3) is 0.923.